The summed E-state index contributed by atoms with van der Waals surface area (Å²) in [5.41, 5.74) is 0. The molecule has 0 saturated heterocycles. The van der Waals surface area contributed by atoms with Gasteiger partial charge in [0.05, 0.1) is 12.7 Å². The molecule has 4 atom stereocenters. The fourth-order valence-electron chi connectivity index (χ4n) is 5.45. The fourth-order valence-corrected chi connectivity index (χ4v) is 5.81. The molecule has 0 spiro atoms. The molecule has 0 radical (unpaired) electrons. The highest BCUT2D eigenvalue weighted by Crippen LogP contribution is 2.36. The number of phosphoric ester groups is 1. The van der Waals surface area contributed by atoms with E-state index in [1.807, 2.05) is 42.5 Å². The Morgan fingerprint density at radius 1 is 0.750 bits per heavy atom. The van der Waals surface area contributed by atoms with E-state index in [1.165, 1.54) is 0 Å². The summed E-state index contributed by atoms with van der Waals surface area (Å²) in [6.45, 7) is 3.21. The van der Waals surface area contributed by atoms with Crippen LogP contribution in [0.25, 0.3) is 0 Å². The Labute approximate surface area is 335 Å². The van der Waals surface area contributed by atoms with Crippen LogP contribution in [0.3, 0.4) is 0 Å². The quantitative estimate of drug-likeness (QED) is 0.0259. The van der Waals surface area contributed by atoms with Gasteiger partial charge < -0.3 is 24.4 Å². The molecule has 1 rings (SSSR count). The number of carbonyl (C=O) groups excluding carboxylic acids is 3. The summed E-state index contributed by atoms with van der Waals surface area (Å²) in [5, 5.41) is 10.2. The van der Waals surface area contributed by atoms with Crippen LogP contribution in [0.15, 0.2) is 109 Å². The third-order valence-electron chi connectivity index (χ3n) is 8.54. The molecule has 1 aliphatic rings. The summed E-state index contributed by atoms with van der Waals surface area (Å²) in [7, 11) is -4.83. The summed E-state index contributed by atoms with van der Waals surface area (Å²) in [6.07, 6.45) is 45.9. The molecule has 0 unspecified atom stereocenters. The van der Waals surface area contributed by atoms with E-state index in [9.17, 15) is 24.1 Å². The summed E-state index contributed by atoms with van der Waals surface area (Å²) < 4.78 is 26.3. The van der Waals surface area contributed by atoms with Gasteiger partial charge in [0.2, 0.25) is 0 Å². The lowest BCUT2D eigenvalue weighted by molar-refractivity contribution is -0.161. The van der Waals surface area contributed by atoms with Crippen molar-refractivity contribution in [2.45, 2.75) is 129 Å². The fraction of sp³-hybridized carbons (Fsp3) is 0.533. The second-order valence-electron chi connectivity index (χ2n) is 13.5. The Bertz CT molecular complexity index is 1410. The van der Waals surface area contributed by atoms with Gasteiger partial charge in [0.25, 0.3) is 0 Å². The topological polar surface area (TPSA) is 157 Å². The van der Waals surface area contributed by atoms with Gasteiger partial charge >= 0.3 is 19.8 Å². The van der Waals surface area contributed by atoms with E-state index in [0.717, 1.165) is 57.8 Å². The molecule has 0 aliphatic heterocycles. The van der Waals surface area contributed by atoms with Gasteiger partial charge in [0, 0.05) is 18.8 Å². The number of phosphoric acid groups is 1. The summed E-state index contributed by atoms with van der Waals surface area (Å²) in [6, 6.07) is 0. The third-order valence-corrected chi connectivity index (χ3v) is 9.02. The Hall–Kier alpha value is -3.66. The van der Waals surface area contributed by atoms with Crippen molar-refractivity contribution in [3.63, 3.8) is 0 Å². The Kier molecular flexibility index (Phi) is 30.1. The minimum Gasteiger partial charge on any atom is -0.462 e. The van der Waals surface area contributed by atoms with Crippen molar-refractivity contribution in [1.82, 2.24) is 0 Å². The van der Waals surface area contributed by atoms with Crippen molar-refractivity contribution in [3.05, 3.63) is 109 Å². The Morgan fingerprint density at radius 2 is 1.34 bits per heavy atom. The highest BCUT2D eigenvalue weighted by Gasteiger charge is 2.27. The first kappa shape index (κ1) is 50.4. The second kappa shape index (κ2) is 33.5. The molecule has 56 heavy (non-hydrogen) atoms. The van der Waals surface area contributed by atoms with E-state index in [1.54, 1.807) is 12.2 Å². The average Bonchev–Trinajstić information content (AvgIpc) is 3.52. The number of aliphatic hydroxyl groups is 1. The zero-order valence-corrected chi connectivity index (χ0v) is 34.5. The number of aliphatic hydroxyl groups excluding tert-OH is 1. The molecule has 0 bridgehead atoms. The van der Waals surface area contributed by atoms with Gasteiger partial charge in [0.15, 0.2) is 11.9 Å². The summed E-state index contributed by atoms with van der Waals surface area (Å²) >= 11 is 0. The normalized spacial score (nSPS) is 17.8. The molecule has 1 aliphatic carbocycles. The molecule has 3 N–H and O–H groups in total. The van der Waals surface area contributed by atoms with E-state index >= 15 is 0 Å². The maximum Gasteiger partial charge on any atom is 0.469 e. The number of hydrogen-bond donors (Lipinski definition) is 3. The number of esters is 2. The van der Waals surface area contributed by atoms with Crippen LogP contribution in [0.1, 0.15) is 117 Å². The van der Waals surface area contributed by atoms with E-state index in [-0.39, 0.29) is 30.5 Å². The number of ether oxygens (including phenoxy) is 2. The monoisotopic (exact) mass is 798 g/mol. The van der Waals surface area contributed by atoms with Gasteiger partial charge in [-0.2, -0.15) is 0 Å². The molecule has 0 fully saturated rings. The molecular formula is C45H67O10P. The van der Waals surface area contributed by atoms with Crippen LogP contribution in [-0.4, -0.2) is 58.0 Å². The molecule has 312 valence electrons. The van der Waals surface area contributed by atoms with Gasteiger partial charge in [-0.25, -0.2) is 4.57 Å². The highest BCUT2D eigenvalue weighted by atomic mass is 31.2. The molecule has 0 heterocycles. The van der Waals surface area contributed by atoms with Crippen molar-refractivity contribution in [3.8, 4) is 0 Å². The number of hydrogen-bond acceptors (Lipinski definition) is 8. The van der Waals surface area contributed by atoms with Crippen LogP contribution in [0.2, 0.25) is 0 Å². The third kappa shape index (κ3) is 29.6. The van der Waals surface area contributed by atoms with E-state index in [4.69, 9.17) is 19.3 Å². The maximum absolute atomic E-state index is 12.4. The average molecular weight is 799 g/mol. The van der Waals surface area contributed by atoms with Crippen LogP contribution < -0.4 is 0 Å². The number of unbranched alkanes of at least 4 members (excludes halogenated alkanes) is 3. The van der Waals surface area contributed by atoms with Crippen molar-refractivity contribution in [2.75, 3.05) is 13.2 Å². The number of rotatable bonds is 32. The van der Waals surface area contributed by atoms with Crippen LogP contribution in [0.5, 0.6) is 0 Å². The standard InChI is InChI=1S/C45H67O10P/c1-3-5-7-8-9-10-11-12-13-14-15-16-17-18-19-20-21-22-28-32-45(49)55-41(38-54-56(50,51)52)37-53-44(48)31-27-24-23-26-29-39-33-36-43(47)42(39)35-34-40(46)30-25-6-4-2/h5,7,9-10,12-13,15-16,18-19,21-23,26,33-36,39-42,46H,3-4,6,8,11,14,17,20,24-25,27-32,37-38H2,1-2H3,(H2,50,51,52)/b7-5-,10-9-,13-12-,16-15-,19-18-,22-21-,26-23-,35-34+/t39-,40-,41+,42+/m0/s1. The van der Waals surface area contributed by atoms with Gasteiger partial charge in [0.1, 0.15) is 6.61 Å². The van der Waals surface area contributed by atoms with Crippen LogP contribution >= 0.6 is 7.82 Å². The minimum absolute atomic E-state index is 0.0171. The molecule has 0 saturated carbocycles. The lowest BCUT2D eigenvalue weighted by atomic mass is 9.90. The first-order chi connectivity index (χ1) is 27.1. The molecule has 0 aromatic rings. The van der Waals surface area contributed by atoms with E-state index in [2.05, 4.69) is 73.1 Å². The van der Waals surface area contributed by atoms with Crippen molar-refractivity contribution in [1.29, 1.82) is 0 Å². The van der Waals surface area contributed by atoms with Gasteiger partial charge in [-0.05, 0) is 82.6 Å². The Morgan fingerprint density at radius 3 is 1.93 bits per heavy atom. The minimum atomic E-state index is -4.83. The smallest absolute Gasteiger partial charge is 0.462 e. The number of allylic oxidation sites excluding steroid dienone is 17. The first-order valence-electron chi connectivity index (χ1n) is 20.2. The largest absolute Gasteiger partial charge is 0.469 e. The molecule has 10 nitrogen and oxygen atoms in total. The van der Waals surface area contributed by atoms with Gasteiger partial charge in [-0.15, -0.1) is 0 Å². The first-order valence-corrected chi connectivity index (χ1v) is 21.8. The van der Waals surface area contributed by atoms with E-state index < -0.39 is 45.2 Å². The molecule has 0 aromatic carbocycles. The number of ketones is 1. The second-order valence-corrected chi connectivity index (χ2v) is 14.8. The Balaban J connectivity index is 2.32. The van der Waals surface area contributed by atoms with Crippen LogP contribution in [-0.2, 0) is 32.9 Å². The van der Waals surface area contributed by atoms with Crippen molar-refractivity contribution < 1.29 is 47.8 Å². The molecule has 11 heteroatoms. The zero-order chi connectivity index (χ0) is 41.1. The van der Waals surface area contributed by atoms with E-state index in [0.29, 0.717) is 32.1 Å². The zero-order valence-electron chi connectivity index (χ0n) is 33.6. The molecule has 0 aromatic heterocycles. The van der Waals surface area contributed by atoms with Gasteiger partial charge in [-0.1, -0.05) is 136 Å². The van der Waals surface area contributed by atoms with Crippen molar-refractivity contribution in [2.24, 2.45) is 11.8 Å². The highest BCUT2D eigenvalue weighted by molar-refractivity contribution is 7.46. The van der Waals surface area contributed by atoms with Crippen LogP contribution in [0.4, 0.5) is 0 Å². The van der Waals surface area contributed by atoms with Gasteiger partial charge in [-0.3, -0.25) is 18.9 Å². The maximum atomic E-state index is 12.4. The number of carbonyl (C=O) groups is 3. The predicted molar refractivity (Wildman–Crippen MR) is 224 cm³/mol. The molecular weight excluding hydrogens is 731 g/mol. The van der Waals surface area contributed by atoms with Crippen molar-refractivity contribution >= 4 is 25.5 Å². The summed E-state index contributed by atoms with van der Waals surface area (Å²) in [5.74, 6) is -1.39. The lowest BCUT2D eigenvalue weighted by Crippen LogP contribution is -2.29. The lowest BCUT2D eigenvalue weighted by Gasteiger charge is -2.18. The SMILES string of the molecule is CC/C=C\C/C=C\C/C=C\C/C=C\C/C=C\C/C=C\CCC(=O)O[C@H](COC(=O)CCC/C=C\C[C@H]1C=CC(=O)[C@@H]1/C=C/[C@@H](O)CCCCC)COP(=O)(O)O. The van der Waals surface area contributed by atoms with Crippen LogP contribution in [0, 0.1) is 11.8 Å². The predicted octanol–water partition coefficient (Wildman–Crippen LogP) is 10.0. The summed E-state index contributed by atoms with van der Waals surface area (Å²) in [4.78, 5) is 55.3. The molecule has 0 amide bonds.